The molecule has 2 aromatic rings. The number of nitrogens with zero attached hydrogens (tertiary/aromatic N) is 1. The number of ether oxygens (including phenoxy) is 1. The van der Waals surface area contributed by atoms with E-state index in [4.69, 9.17) is 4.74 Å². The molecule has 1 N–H and O–H groups in total. The zero-order valence-electron chi connectivity index (χ0n) is 12.5. The third-order valence-corrected chi connectivity index (χ3v) is 3.90. The minimum atomic E-state index is 0.361. The van der Waals surface area contributed by atoms with Crippen molar-refractivity contribution >= 4 is 0 Å². The summed E-state index contributed by atoms with van der Waals surface area (Å²) in [6, 6.07) is 13.0. The van der Waals surface area contributed by atoms with E-state index in [1.807, 2.05) is 25.5 Å². The van der Waals surface area contributed by atoms with Crippen molar-refractivity contribution in [3.05, 3.63) is 59.9 Å². The molecule has 1 atom stereocenters. The van der Waals surface area contributed by atoms with Crippen molar-refractivity contribution in [3.63, 3.8) is 0 Å². The predicted molar refractivity (Wildman–Crippen MR) is 84.5 cm³/mol. The van der Waals surface area contributed by atoms with E-state index in [1.165, 1.54) is 24.0 Å². The number of benzene rings is 1. The summed E-state index contributed by atoms with van der Waals surface area (Å²) in [7, 11) is 2.02. The zero-order valence-corrected chi connectivity index (χ0v) is 12.5. The van der Waals surface area contributed by atoms with Crippen LogP contribution in [0.5, 0.6) is 5.75 Å². The van der Waals surface area contributed by atoms with Crippen molar-refractivity contribution in [3.8, 4) is 5.75 Å². The third-order valence-electron chi connectivity index (χ3n) is 3.90. The van der Waals surface area contributed by atoms with Gasteiger partial charge in [-0.2, -0.15) is 0 Å². The third kappa shape index (κ3) is 4.05. The van der Waals surface area contributed by atoms with Crippen LogP contribution in [-0.4, -0.2) is 18.1 Å². The number of aromatic nitrogens is 1. The van der Waals surface area contributed by atoms with Crippen LogP contribution in [0.1, 0.15) is 36.4 Å². The highest BCUT2D eigenvalue weighted by Crippen LogP contribution is 2.28. The molecule has 1 saturated carbocycles. The Labute approximate surface area is 126 Å². The van der Waals surface area contributed by atoms with E-state index in [0.29, 0.717) is 12.1 Å². The van der Waals surface area contributed by atoms with Gasteiger partial charge < -0.3 is 10.1 Å². The highest BCUT2D eigenvalue weighted by Gasteiger charge is 2.23. The molecule has 1 unspecified atom stereocenters. The van der Waals surface area contributed by atoms with Gasteiger partial charge >= 0.3 is 0 Å². The Balaban J connectivity index is 1.59. The van der Waals surface area contributed by atoms with Gasteiger partial charge in [0.15, 0.2) is 0 Å². The molecule has 3 heteroatoms. The Bertz CT molecular complexity index is 549. The van der Waals surface area contributed by atoms with Crippen LogP contribution in [0, 0.1) is 0 Å². The van der Waals surface area contributed by atoms with Crippen LogP contribution in [0.2, 0.25) is 0 Å². The molecule has 1 aromatic heterocycles. The molecule has 0 bridgehead atoms. The number of hydrogen-bond donors (Lipinski definition) is 1. The fourth-order valence-corrected chi connectivity index (χ4v) is 2.49. The number of hydrogen-bond acceptors (Lipinski definition) is 3. The van der Waals surface area contributed by atoms with Crippen molar-refractivity contribution in [2.24, 2.45) is 0 Å². The fourth-order valence-electron chi connectivity index (χ4n) is 2.49. The summed E-state index contributed by atoms with van der Waals surface area (Å²) in [4.78, 5) is 4.17. The summed E-state index contributed by atoms with van der Waals surface area (Å²) in [6.45, 7) is 0. The minimum Gasteiger partial charge on any atom is -0.490 e. The summed E-state index contributed by atoms with van der Waals surface area (Å²) >= 11 is 0. The summed E-state index contributed by atoms with van der Waals surface area (Å²) < 4.78 is 5.79. The highest BCUT2D eigenvalue weighted by atomic mass is 16.5. The minimum absolute atomic E-state index is 0.361. The highest BCUT2D eigenvalue weighted by molar-refractivity contribution is 5.30. The summed E-state index contributed by atoms with van der Waals surface area (Å²) in [5.41, 5.74) is 2.59. The Kier molecular flexibility index (Phi) is 4.51. The summed E-state index contributed by atoms with van der Waals surface area (Å²) in [5.74, 6) is 0.989. The molecule has 1 fully saturated rings. The molecular formula is C18H22N2O. The second-order valence-electron chi connectivity index (χ2n) is 5.63. The molecule has 1 aromatic carbocycles. The first-order valence-electron chi connectivity index (χ1n) is 7.68. The molecule has 0 spiro atoms. The van der Waals surface area contributed by atoms with Crippen molar-refractivity contribution in [2.45, 2.75) is 37.8 Å². The van der Waals surface area contributed by atoms with Crippen LogP contribution in [0.15, 0.2) is 48.8 Å². The van der Waals surface area contributed by atoms with E-state index in [1.54, 1.807) is 0 Å². The first-order chi connectivity index (χ1) is 10.3. The van der Waals surface area contributed by atoms with Gasteiger partial charge in [0.2, 0.25) is 0 Å². The van der Waals surface area contributed by atoms with E-state index in [-0.39, 0.29) is 0 Å². The van der Waals surface area contributed by atoms with Gasteiger partial charge in [-0.1, -0.05) is 18.2 Å². The Hall–Kier alpha value is -1.87. The maximum absolute atomic E-state index is 5.79. The van der Waals surface area contributed by atoms with Gasteiger partial charge in [-0.05, 0) is 62.1 Å². The molecular weight excluding hydrogens is 260 g/mol. The average molecular weight is 282 g/mol. The van der Waals surface area contributed by atoms with Crippen molar-refractivity contribution in [2.75, 3.05) is 7.05 Å². The number of aryl methyl sites for hydroxylation is 1. The largest absolute Gasteiger partial charge is 0.490 e. The SMILES string of the molecule is CNC(CCc1cccnc1)c1ccc(OC2CC2)cc1. The normalized spacial score (nSPS) is 15.7. The lowest BCUT2D eigenvalue weighted by molar-refractivity contribution is 0.303. The van der Waals surface area contributed by atoms with Crippen LogP contribution in [0.3, 0.4) is 0 Å². The van der Waals surface area contributed by atoms with Crippen molar-refractivity contribution in [1.29, 1.82) is 0 Å². The Morgan fingerprint density at radius 1 is 1.24 bits per heavy atom. The van der Waals surface area contributed by atoms with E-state index in [2.05, 4.69) is 40.6 Å². The first-order valence-corrected chi connectivity index (χ1v) is 7.68. The number of pyridine rings is 1. The van der Waals surface area contributed by atoms with Crippen LogP contribution in [0.25, 0.3) is 0 Å². The predicted octanol–water partition coefficient (Wildman–Crippen LogP) is 3.52. The van der Waals surface area contributed by atoms with E-state index < -0.39 is 0 Å². The molecule has 21 heavy (non-hydrogen) atoms. The molecule has 110 valence electrons. The second kappa shape index (κ2) is 6.72. The van der Waals surface area contributed by atoms with Gasteiger partial charge in [0.25, 0.3) is 0 Å². The Morgan fingerprint density at radius 2 is 2.05 bits per heavy atom. The van der Waals surface area contributed by atoms with E-state index >= 15 is 0 Å². The molecule has 0 aliphatic heterocycles. The summed E-state index contributed by atoms with van der Waals surface area (Å²) in [5, 5.41) is 3.40. The zero-order chi connectivity index (χ0) is 14.5. The molecule has 3 nitrogen and oxygen atoms in total. The van der Waals surface area contributed by atoms with Gasteiger partial charge in [-0.25, -0.2) is 0 Å². The molecule has 0 saturated heterocycles. The molecule has 3 rings (SSSR count). The lowest BCUT2D eigenvalue weighted by Gasteiger charge is -2.17. The van der Waals surface area contributed by atoms with Gasteiger partial charge in [-0.15, -0.1) is 0 Å². The topological polar surface area (TPSA) is 34.2 Å². The standard InChI is InChI=1S/C18H22N2O/c1-19-18(11-4-14-3-2-12-20-13-14)15-5-7-16(8-6-15)21-17-9-10-17/h2-3,5-8,12-13,17-19H,4,9-11H2,1H3. The molecule has 1 heterocycles. The average Bonchev–Trinajstić information content (AvgIpc) is 3.34. The van der Waals surface area contributed by atoms with E-state index in [0.717, 1.165) is 18.6 Å². The van der Waals surface area contributed by atoms with Gasteiger partial charge in [-0.3, -0.25) is 4.98 Å². The smallest absolute Gasteiger partial charge is 0.119 e. The van der Waals surface area contributed by atoms with Crippen LogP contribution >= 0.6 is 0 Å². The Morgan fingerprint density at radius 3 is 2.67 bits per heavy atom. The van der Waals surface area contributed by atoms with Gasteiger partial charge in [0, 0.05) is 18.4 Å². The van der Waals surface area contributed by atoms with Crippen molar-refractivity contribution < 1.29 is 4.74 Å². The van der Waals surface area contributed by atoms with Gasteiger partial charge in [0.1, 0.15) is 5.75 Å². The lowest BCUT2D eigenvalue weighted by Crippen LogP contribution is -2.17. The quantitative estimate of drug-likeness (QED) is 0.843. The van der Waals surface area contributed by atoms with Crippen LogP contribution in [0.4, 0.5) is 0 Å². The van der Waals surface area contributed by atoms with E-state index in [9.17, 15) is 0 Å². The molecule has 0 amide bonds. The molecule has 1 aliphatic rings. The fraction of sp³-hybridized carbons (Fsp3) is 0.389. The second-order valence-corrected chi connectivity index (χ2v) is 5.63. The molecule has 0 radical (unpaired) electrons. The van der Waals surface area contributed by atoms with Crippen LogP contribution in [-0.2, 0) is 6.42 Å². The van der Waals surface area contributed by atoms with Gasteiger partial charge in [0.05, 0.1) is 6.10 Å². The number of rotatable bonds is 7. The maximum atomic E-state index is 5.79. The molecule has 1 aliphatic carbocycles. The monoisotopic (exact) mass is 282 g/mol. The first kappa shape index (κ1) is 14.1. The summed E-state index contributed by atoms with van der Waals surface area (Å²) in [6.07, 6.45) is 8.71. The van der Waals surface area contributed by atoms with Crippen molar-refractivity contribution in [1.82, 2.24) is 10.3 Å². The lowest BCUT2D eigenvalue weighted by atomic mass is 10.00. The van der Waals surface area contributed by atoms with Crippen LogP contribution < -0.4 is 10.1 Å². The number of nitrogens with one attached hydrogen (secondary N) is 1. The maximum Gasteiger partial charge on any atom is 0.119 e.